The van der Waals surface area contributed by atoms with Crippen molar-refractivity contribution in [3.63, 3.8) is 0 Å². The maximum Gasteiger partial charge on any atom is 0.131 e. The van der Waals surface area contributed by atoms with Crippen molar-refractivity contribution in [3.8, 4) is 0 Å². The Balaban J connectivity index is 0. The molecule has 0 aliphatic heterocycles. The number of hydrogen-bond acceptors (Lipinski definition) is 2. The molecule has 0 saturated heterocycles. The fourth-order valence-corrected chi connectivity index (χ4v) is 0. The van der Waals surface area contributed by atoms with Gasteiger partial charge >= 0.3 is 0 Å². The summed E-state index contributed by atoms with van der Waals surface area (Å²) in [5, 5.41) is 0. The van der Waals surface area contributed by atoms with Crippen LogP contribution < -0.4 is 0 Å². The van der Waals surface area contributed by atoms with Crippen LogP contribution in [0.25, 0.3) is 0 Å². The van der Waals surface area contributed by atoms with E-state index in [9.17, 15) is 0 Å². The second-order valence-corrected chi connectivity index (χ2v) is 1.75. The molecule has 6 heavy (non-hydrogen) atoms. The Kier molecular flexibility index (Phi) is 5.63. The normalized spacial score (nSPS) is 9.67. The molecule has 0 atom stereocenters. The summed E-state index contributed by atoms with van der Waals surface area (Å²) in [6, 6.07) is 0. The van der Waals surface area contributed by atoms with Gasteiger partial charge < -0.3 is 4.55 Å². The van der Waals surface area contributed by atoms with Crippen molar-refractivity contribution in [1.29, 1.82) is 0 Å². The topological polar surface area (TPSA) is 54.4 Å². The summed E-state index contributed by atoms with van der Waals surface area (Å²) in [5.74, 6) is 0. The van der Waals surface area contributed by atoms with Gasteiger partial charge in [-0.05, 0) is 0 Å². The van der Waals surface area contributed by atoms with Crippen molar-refractivity contribution in [3.05, 3.63) is 6.26 Å². The first-order chi connectivity index (χ1) is 2.00. The van der Waals surface area contributed by atoms with Gasteiger partial charge in [-0.3, -0.25) is 0 Å². The van der Waals surface area contributed by atoms with Gasteiger partial charge in [-0.25, -0.2) is 8.42 Å². The third-order valence-electron chi connectivity index (χ3n) is 0. The third kappa shape index (κ3) is 60.1. The molecule has 0 aliphatic carbocycles. The molecule has 3 nitrogen and oxygen atoms in total. The van der Waals surface area contributed by atoms with Gasteiger partial charge in [0, 0.05) is 40.8 Å². The predicted octanol–water partition coefficient (Wildman–Crippen LogP) is -0.334. The van der Waals surface area contributed by atoms with Crippen LogP contribution in [0.15, 0.2) is 0 Å². The van der Waals surface area contributed by atoms with Gasteiger partial charge in [-0.2, -0.15) is 6.26 Å². The van der Waals surface area contributed by atoms with E-state index >= 15 is 0 Å². The largest absolute Gasteiger partial charge is 0.310 e. The predicted molar refractivity (Wildman–Crippen MR) is 16.9 cm³/mol. The van der Waals surface area contributed by atoms with E-state index in [1.54, 1.807) is 0 Å². The summed E-state index contributed by atoms with van der Waals surface area (Å²) in [5.41, 5.74) is 0. The maximum absolute atomic E-state index is 9.08. The van der Waals surface area contributed by atoms with Crippen molar-refractivity contribution >= 4 is 10.1 Å². The molecule has 0 aromatic rings. The van der Waals surface area contributed by atoms with Crippen LogP contribution in [0.1, 0.15) is 0 Å². The second kappa shape index (κ2) is 3.29. The monoisotopic (exact) mass is 237 g/mol. The van der Waals surface area contributed by atoms with Gasteiger partial charge in [0.2, 0.25) is 0 Å². The summed E-state index contributed by atoms with van der Waals surface area (Å²) in [4.78, 5) is 0. The first-order valence-corrected chi connectivity index (χ1v) is 2.41. The Morgan fingerprint density at radius 1 is 1.50 bits per heavy atom. The smallest absolute Gasteiger partial charge is 0.131 e. The van der Waals surface area contributed by atoms with E-state index in [0.29, 0.717) is 0 Å². The van der Waals surface area contributed by atoms with E-state index in [1.165, 1.54) is 0 Å². The summed E-state index contributed by atoms with van der Waals surface area (Å²) >= 11 is 0. The van der Waals surface area contributed by atoms with Crippen LogP contribution >= 0.6 is 0 Å². The van der Waals surface area contributed by atoms with E-state index in [1.807, 2.05) is 0 Å². The van der Waals surface area contributed by atoms with E-state index in [-0.39, 0.29) is 40.8 Å². The Labute approximate surface area is 69.4 Å². The zero-order chi connectivity index (χ0) is 4.50. The molecule has 36 valence electrons. The molecular weight excluding hydrogens is 236 g/mol. The molecule has 0 fully saturated rings. The van der Waals surface area contributed by atoms with Crippen molar-refractivity contribution in [1.82, 2.24) is 0 Å². The van der Waals surface area contributed by atoms with Crippen LogP contribution in [0.5, 0.6) is 0 Å². The molecular formula is CH3NdO3S-. The van der Waals surface area contributed by atoms with E-state index in [0.717, 1.165) is 0 Å². The van der Waals surface area contributed by atoms with Gasteiger partial charge in [0.05, 0.1) is 0 Å². The molecule has 5 heteroatoms. The van der Waals surface area contributed by atoms with Crippen LogP contribution in [-0.2, 0) is 10.1 Å². The molecule has 0 unspecified atom stereocenters. The van der Waals surface area contributed by atoms with Gasteiger partial charge in [-0.15, -0.1) is 0 Å². The summed E-state index contributed by atoms with van der Waals surface area (Å²) < 4.78 is 25.5. The fraction of sp³-hybridized carbons (Fsp3) is 0. The number of hydrogen-bond donors (Lipinski definition) is 1. The Bertz CT molecular complexity index is 94.0. The van der Waals surface area contributed by atoms with Crippen molar-refractivity contribution < 1.29 is 53.8 Å². The number of rotatable bonds is 0. The first-order valence-electron chi connectivity index (χ1n) is 0.805. The maximum atomic E-state index is 9.08. The summed E-state index contributed by atoms with van der Waals surface area (Å²) in [6.07, 6.45) is 2.30. The SMILES string of the molecule is [CH2-]S(=O)(=O)O.[Nd]. The molecule has 0 amide bonds. The summed E-state index contributed by atoms with van der Waals surface area (Å²) in [6.45, 7) is 0. The average Bonchev–Trinajstić information content (AvgIpc) is 0.722. The quantitative estimate of drug-likeness (QED) is 0.465. The van der Waals surface area contributed by atoms with Crippen LogP contribution in [0.2, 0.25) is 0 Å². The molecule has 0 saturated carbocycles. The van der Waals surface area contributed by atoms with E-state index in [4.69, 9.17) is 13.0 Å². The molecule has 1 N–H and O–H groups in total. The van der Waals surface area contributed by atoms with Crippen molar-refractivity contribution in [2.45, 2.75) is 0 Å². The molecule has 0 radical (unpaired) electrons. The average molecular weight is 239 g/mol. The molecule has 0 aromatic carbocycles. The van der Waals surface area contributed by atoms with Crippen LogP contribution in [0.3, 0.4) is 0 Å². The molecule has 0 heterocycles. The molecule has 0 aromatic heterocycles. The van der Waals surface area contributed by atoms with Crippen molar-refractivity contribution in [2.75, 3.05) is 0 Å². The third-order valence-corrected chi connectivity index (χ3v) is 0. The molecule has 0 bridgehead atoms. The Morgan fingerprint density at radius 2 is 1.50 bits per heavy atom. The van der Waals surface area contributed by atoms with Crippen LogP contribution in [0.4, 0.5) is 0 Å². The zero-order valence-electron chi connectivity index (χ0n) is 2.88. The van der Waals surface area contributed by atoms with Crippen molar-refractivity contribution in [2.24, 2.45) is 0 Å². The minimum atomic E-state index is -3.92. The van der Waals surface area contributed by atoms with Gasteiger partial charge in [-0.1, -0.05) is 0 Å². The standard InChI is InChI=1S/CH3O3S.Nd/c1-5(2,3)4;/h1H2,(H,2,3,4);/q-1;. The Hall–Kier alpha value is 1.26. The van der Waals surface area contributed by atoms with E-state index < -0.39 is 10.1 Å². The second-order valence-electron chi connectivity index (χ2n) is 0.582. The van der Waals surface area contributed by atoms with E-state index in [2.05, 4.69) is 6.26 Å². The minimum Gasteiger partial charge on any atom is -0.310 e. The Morgan fingerprint density at radius 3 is 1.50 bits per heavy atom. The molecule has 0 rings (SSSR count). The van der Waals surface area contributed by atoms with Crippen LogP contribution in [-0.4, -0.2) is 13.0 Å². The molecule has 0 aliphatic rings. The van der Waals surface area contributed by atoms with Gasteiger partial charge in [0.15, 0.2) is 0 Å². The van der Waals surface area contributed by atoms with Crippen LogP contribution in [0, 0.1) is 47.1 Å². The molecule has 0 spiro atoms. The zero-order valence-corrected chi connectivity index (χ0v) is 6.90. The summed E-state index contributed by atoms with van der Waals surface area (Å²) in [7, 11) is -3.92. The minimum absolute atomic E-state index is 0. The fourth-order valence-electron chi connectivity index (χ4n) is 0. The first kappa shape index (κ1) is 10.3. The van der Waals surface area contributed by atoms with Gasteiger partial charge in [0.1, 0.15) is 10.1 Å². The van der Waals surface area contributed by atoms with Gasteiger partial charge in [0.25, 0.3) is 0 Å².